The van der Waals surface area contributed by atoms with Crippen molar-refractivity contribution in [1.29, 1.82) is 5.26 Å². The number of hydrogen-bond acceptors (Lipinski definition) is 8. The molecule has 26 heavy (non-hydrogen) atoms. The van der Waals surface area contributed by atoms with E-state index >= 15 is 0 Å². The number of nitrogens with one attached hydrogen (secondary N) is 1. The van der Waals surface area contributed by atoms with Gasteiger partial charge in [0.05, 0.1) is 23.3 Å². The van der Waals surface area contributed by atoms with E-state index in [1.807, 2.05) is 0 Å². The second-order valence-electron chi connectivity index (χ2n) is 7.03. The number of carbonyl (C=O) groups excluding carboxylic acids is 1. The van der Waals surface area contributed by atoms with Crippen molar-refractivity contribution < 1.29 is 17.6 Å². The van der Waals surface area contributed by atoms with Gasteiger partial charge in [-0.15, -0.1) is 10.2 Å². The molecular formula is C16H22N4O4S2. The van der Waals surface area contributed by atoms with E-state index in [4.69, 9.17) is 4.42 Å². The Labute approximate surface area is 157 Å². The molecule has 0 spiro atoms. The molecule has 3 rings (SSSR count). The molecule has 2 fully saturated rings. The normalized spacial score (nSPS) is 24.0. The highest BCUT2D eigenvalue weighted by atomic mass is 32.2. The fourth-order valence-corrected chi connectivity index (χ4v) is 5.95. The Morgan fingerprint density at radius 3 is 2.77 bits per heavy atom. The number of sulfone groups is 1. The van der Waals surface area contributed by atoms with Gasteiger partial charge in [0.15, 0.2) is 9.84 Å². The van der Waals surface area contributed by atoms with E-state index in [2.05, 4.69) is 21.6 Å². The first-order valence-electron chi connectivity index (χ1n) is 8.78. The third-order valence-electron chi connectivity index (χ3n) is 4.86. The van der Waals surface area contributed by atoms with Crippen molar-refractivity contribution in [2.45, 2.75) is 55.7 Å². The maximum Gasteiger partial charge on any atom is 0.277 e. The average molecular weight is 399 g/mol. The summed E-state index contributed by atoms with van der Waals surface area (Å²) in [4.78, 5) is 12.2. The molecule has 1 amide bonds. The summed E-state index contributed by atoms with van der Waals surface area (Å²) < 4.78 is 28.5. The van der Waals surface area contributed by atoms with Crippen LogP contribution in [0.25, 0.3) is 0 Å². The first-order chi connectivity index (χ1) is 12.4. The molecule has 1 aliphatic carbocycles. The lowest BCUT2D eigenvalue weighted by Gasteiger charge is -2.31. The van der Waals surface area contributed by atoms with Crippen LogP contribution in [0.2, 0.25) is 0 Å². The van der Waals surface area contributed by atoms with Gasteiger partial charge in [-0.05, 0) is 25.2 Å². The first kappa shape index (κ1) is 19.2. The van der Waals surface area contributed by atoms with Crippen LogP contribution >= 0.6 is 11.8 Å². The summed E-state index contributed by atoms with van der Waals surface area (Å²) in [7, 11) is -2.93. The molecule has 1 aromatic heterocycles. The minimum atomic E-state index is -2.93. The van der Waals surface area contributed by atoms with Crippen molar-refractivity contribution in [3.05, 3.63) is 5.89 Å². The van der Waals surface area contributed by atoms with E-state index in [0.29, 0.717) is 31.6 Å². The fourth-order valence-electron chi connectivity index (χ4n) is 3.51. The molecule has 0 radical (unpaired) electrons. The monoisotopic (exact) mass is 398 g/mol. The number of rotatable bonds is 6. The molecular weight excluding hydrogens is 376 g/mol. The summed E-state index contributed by atoms with van der Waals surface area (Å²) in [6.07, 6.45) is 5.43. The van der Waals surface area contributed by atoms with Gasteiger partial charge in [0.1, 0.15) is 5.54 Å². The second kappa shape index (κ2) is 7.96. The van der Waals surface area contributed by atoms with E-state index in [9.17, 15) is 18.5 Å². The average Bonchev–Trinajstić information content (AvgIpc) is 3.20. The highest BCUT2D eigenvalue weighted by molar-refractivity contribution is 7.99. The van der Waals surface area contributed by atoms with Crippen LogP contribution in [0.1, 0.15) is 44.4 Å². The molecule has 2 aliphatic rings. The van der Waals surface area contributed by atoms with E-state index < -0.39 is 15.4 Å². The van der Waals surface area contributed by atoms with Crippen molar-refractivity contribution in [2.75, 3.05) is 17.3 Å². The van der Waals surface area contributed by atoms with Gasteiger partial charge in [-0.25, -0.2) is 8.42 Å². The zero-order valence-corrected chi connectivity index (χ0v) is 16.1. The second-order valence-corrected chi connectivity index (χ2v) is 10.2. The standard InChI is InChI=1S/C16H22N4O4S2/c17-11-16(5-2-1-3-6-16)18-13(21)9-25-15-20-19-14(24-15)8-12-4-7-26(22,23)10-12/h12H,1-10H2,(H,18,21)/t12-/m0/s1. The van der Waals surface area contributed by atoms with Gasteiger partial charge < -0.3 is 9.73 Å². The summed E-state index contributed by atoms with van der Waals surface area (Å²) in [5, 5.41) is 20.4. The topological polar surface area (TPSA) is 126 Å². The van der Waals surface area contributed by atoms with Crippen molar-refractivity contribution in [1.82, 2.24) is 15.5 Å². The van der Waals surface area contributed by atoms with Gasteiger partial charge >= 0.3 is 0 Å². The molecule has 8 nitrogen and oxygen atoms in total. The predicted molar refractivity (Wildman–Crippen MR) is 95.1 cm³/mol. The Morgan fingerprint density at radius 1 is 1.35 bits per heavy atom. The lowest BCUT2D eigenvalue weighted by Crippen LogP contribution is -2.49. The largest absolute Gasteiger partial charge is 0.416 e. The summed E-state index contributed by atoms with van der Waals surface area (Å²) in [6, 6.07) is 2.26. The molecule has 1 saturated carbocycles. The molecule has 0 aromatic carbocycles. The third kappa shape index (κ3) is 4.98. The van der Waals surface area contributed by atoms with Gasteiger partial charge in [-0.3, -0.25) is 4.79 Å². The highest BCUT2D eigenvalue weighted by Crippen LogP contribution is 2.28. The minimum Gasteiger partial charge on any atom is -0.416 e. The van der Waals surface area contributed by atoms with Gasteiger partial charge in [-0.2, -0.15) is 5.26 Å². The summed E-state index contributed by atoms with van der Waals surface area (Å²) >= 11 is 1.12. The molecule has 1 N–H and O–H groups in total. The number of nitriles is 1. The summed E-state index contributed by atoms with van der Waals surface area (Å²) in [5.74, 6) is 0.674. The number of hydrogen-bond donors (Lipinski definition) is 1. The molecule has 1 aromatic rings. The molecule has 2 heterocycles. The molecule has 0 unspecified atom stereocenters. The number of nitrogens with zero attached hydrogens (tertiary/aromatic N) is 3. The van der Waals surface area contributed by atoms with Crippen LogP contribution < -0.4 is 5.32 Å². The Bertz CT molecular complexity index is 793. The van der Waals surface area contributed by atoms with Gasteiger partial charge in [0.2, 0.25) is 11.8 Å². The molecule has 1 saturated heterocycles. The van der Waals surface area contributed by atoms with Crippen LogP contribution in [-0.4, -0.2) is 47.3 Å². The fraction of sp³-hybridized carbons (Fsp3) is 0.750. The van der Waals surface area contributed by atoms with Crippen LogP contribution in [0.5, 0.6) is 0 Å². The van der Waals surface area contributed by atoms with E-state index in [-0.39, 0.29) is 34.3 Å². The SMILES string of the molecule is N#CC1(NC(=O)CSc2nnc(C[C@@H]3CCS(=O)(=O)C3)o2)CCCCC1. The zero-order chi connectivity index (χ0) is 18.6. The molecule has 142 valence electrons. The van der Waals surface area contributed by atoms with Crippen LogP contribution in [0.15, 0.2) is 9.64 Å². The van der Waals surface area contributed by atoms with Crippen LogP contribution in [0.4, 0.5) is 0 Å². The van der Waals surface area contributed by atoms with Crippen molar-refractivity contribution in [3.8, 4) is 6.07 Å². The Balaban J connectivity index is 1.47. The first-order valence-corrected chi connectivity index (χ1v) is 11.6. The number of amides is 1. The van der Waals surface area contributed by atoms with Gasteiger partial charge in [0.25, 0.3) is 5.22 Å². The maximum absolute atomic E-state index is 12.2. The van der Waals surface area contributed by atoms with Gasteiger partial charge in [-0.1, -0.05) is 31.0 Å². The quantitative estimate of drug-likeness (QED) is 0.714. The molecule has 1 aliphatic heterocycles. The predicted octanol–water partition coefficient (Wildman–Crippen LogP) is 1.48. The number of carbonyl (C=O) groups is 1. The van der Waals surface area contributed by atoms with Crippen LogP contribution in [-0.2, 0) is 21.1 Å². The number of aromatic nitrogens is 2. The van der Waals surface area contributed by atoms with E-state index in [1.165, 1.54) is 0 Å². The van der Waals surface area contributed by atoms with E-state index in [0.717, 1.165) is 31.0 Å². The van der Waals surface area contributed by atoms with Crippen molar-refractivity contribution in [2.24, 2.45) is 5.92 Å². The maximum atomic E-state index is 12.2. The summed E-state index contributed by atoms with van der Waals surface area (Å²) in [5.41, 5.74) is -0.746. The Kier molecular flexibility index (Phi) is 5.87. The Morgan fingerprint density at radius 2 is 2.12 bits per heavy atom. The smallest absolute Gasteiger partial charge is 0.277 e. The lowest BCUT2D eigenvalue weighted by molar-refractivity contribution is -0.120. The molecule has 0 bridgehead atoms. The highest BCUT2D eigenvalue weighted by Gasteiger charge is 2.33. The third-order valence-corrected chi connectivity index (χ3v) is 7.52. The van der Waals surface area contributed by atoms with Gasteiger partial charge in [0, 0.05) is 6.42 Å². The minimum absolute atomic E-state index is 0.0170. The lowest BCUT2D eigenvalue weighted by atomic mass is 9.83. The zero-order valence-electron chi connectivity index (χ0n) is 14.4. The number of thioether (sulfide) groups is 1. The summed E-state index contributed by atoms with van der Waals surface area (Å²) in [6.45, 7) is 0. The molecule has 1 atom stereocenters. The van der Waals surface area contributed by atoms with E-state index in [1.54, 1.807) is 0 Å². The van der Waals surface area contributed by atoms with Crippen molar-refractivity contribution >= 4 is 27.5 Å². The van der Waals surface area contributed by atoms with Crippen molar-refractivity contribution in [3.63, 3.8) is 0 Å². The van der Waals surface area contributed by atoms with Crippen LogP contribution in [0.3, 0.4) is 0 Å². The van der Waals surface area contributed by atoms with Crippen LogP contribution in [0, 0.1) is 17.2 Å². The Hall–Kier alpha value is -1.60. The molecule has 10 heteroatoms.